The van der Waals surface area contributed by atoms with E-state index in [4.69, 9.17) is 5.73 Å². The summed E-state index contributed by atoms with van der Waals surface area (Å²) in [6.45, 7) is 9.99. The van der Waals surface area contributed by atoms with E-state index in [1.165, 1.54) is 25.8 Å². The van der Waals surface area contributed by atoms with Crippen LogP contribution in [0.25, 0.3) is 0 Å². The van der Waals surface area contributed by atoms with Gasteiger partial charge in [-0.3, -0.25) is 9.69 Å². The van der Waals surface area contributed by atoms with Crippen molar-refractivity contribution in [3.63, 3.8) is 0 Å². The van der Waals surface area contributed by atoms with Gasteiger partial charge in [-0.25, -0.2) is 0 Å². The Hall–Kier alpha value is -0.610. The van der Waals surface area contributed by atoms with Gasteiger partial charge in [0.2, 0.25) is 5.91 Å². The van der Waals surface area contributed by atoms with Crippen molar-refractivity contribution in [2.75, 3.05) is 26.2 Å². The molecule has 2 unspecified atom stereocenters. The topological polar surface area (TPSA) is 49.6 Å². The van der Waals surface area contributed by atoms with Crippen molar-refractivity contribution in [3.8, 4) is 0 Å². The van der Waals surface area contributed by atoms with Gasteiger partial charge in [-0.1, -0.05) is 20.3 Å². The van der Waals surface area contributed by atoms with Crippen molar-refractivity contribution in [1.82, 2.24) is 9.80 Å². The van der Waals surface area contributed by atoms with Gasteiger partial charge in [0, 0.05) is 31.7 Å². The lowest BCUT2D eigenvalue weighted by Gasteiger charge is -2.49. The Kier molecular flexibility index (Phi) is 5.08. The zero-order valence-electron chi connectivity index (χ0n) is 13.4. The quantitative estimate of drug-likeness (QED) is 0.855. The van der Waals surface area contributed by atoms with Crippen LogP contribution in [0.4, 0.5) is 0 Å². The summed E-state index contributed by atoms with van der Waals surface area (Å²) in [6.07, 6.45) is 5.55. The number of hydrogen-bond donors (Lipinski definition) is 1. The average molecular weight is 281 g/mol. The molecule has 20 heavy (non-hydrogen) atoms. The fourth-order valence-electron chi connectivity index (χ4n) is 3.87. The fourth-order valence-corrected chi connectivity index (χ4v) is 3.87. The molecule has 0 aliphatic carbocycles. The Morgan fingerprint density at radius 1 is 1.25 bits per heavy atom. The lowest BCUT2D eigenvalue weighted by atomic mass is 9.80. The van der Waals surface area contributed by atoms with E-state index in [1.807, 2.05) is 0 Å². The third kappa shape index (κ3) is 2.73. The molecule has 0 bridgehead atoms. The van der Waals surface area contributed by atoms with E-state index in [0.29, 0.717) is 24.5 Å². The molecule has 2 saturated heterocycles. The zero-order chi connectivity index (χ0) is 14.8. The van der Waals surface area contributed by atoms with Gasteiger partial charge in [0.25, 0.3) is 0 Å². The molecule has 2 atom stereocenters. The second-order valence-electron chi connectivity index (χ2n) is 6.64. The van der Waals surface area contributed by atoms with Gasteiger partial charge in [-0.05, 0) is 39.2 Å². The molecule has 2 aliphatic heterocycles. The molecular formula is C16H31N3O. The third-order valence-corrected chi connectivity index (χ3v) is 5.65. The summed E-state index contributed by atoms with van der Waals surface area (Å²) >= 11 is 0. The van der Waals surface area contributed by atoms with Crippen LogP contribution in [0.15, 0.2) is 0 Å². The summed E-state index contributed by atoms with van der Waals surface area (Å²) in [7, 11) is 0. The van der Waals surface area contributed by atoms with E-state index in [9.17, 15) is 4.79 Å². The van der Waals surface area contributed by atoms with E-state index >= 15 is 0 Å². The van der Waals surface area contributed by atoms with Crippen LogP contribution < -0.4 is 5.73 Å². The Morgan fingerprint density at radius 2 is 1.95 bits per heavy atom. The number of rotatable bonds is 4. The van der Waals surface area contributed by atoms with Crippen LogP contribution in [0, 0.1) is 5.41 Å². The molecule has 0 spiro atoms. The highest BCUT2D eigenvalue weighted by molar-refractivity contribution is 5.83. The van der Waals surface area contributed by atoms with Gasteiger partial charge in [-0.2, -0.15) is 0 Å². The number of piperidine rings is 1. The van der Waals surface area contributed by atoms with Crippen molar-refractivity contribution in [2.45, 2.75) is 65.0 Å². The Balaban J connectivity index is 2.12. The van der Waals surface area contributed by atoms with Crippen molar-refractivity contribution >= 4 is 5.91 Å². The maximum atomic E-state index is 13.0. The molecule has 116 valence electrons. The van der Waals surface area contributed by atoms with Gasteiger partial charge >= 0.3 is 0 Å². The molecule has 2 fully saturated rings. The molecule has 0 aromatic rings. The number of fused-ring (bicyclic) bond motifs is 1. The van der Waals surface area contributed by atoms with Gasteiger partial charge < -0.3 is 10.6 Å². The number of hydrogen-bond acceptors (Lipinski definition) is 3. The standard InChI is InChI=1S/C16H31N3O/c1-4-16(5-2,12-17)15(20)19-11-14-8-6-7-9-18(14)10-13(19)3/h13-14H,4-12,17H2,1-3H3. The monoisotopic (exact) mass is 281 g/mol. The van der Waals surface area contributed by atoms with Gasteiger partial charge in [-0.15, -0.1) is 0 Å². The first-order chi connectivity index (χ1) is 9.57. The van der Waals surface area contributed by atoms with E-state index in [2.05, 4.69) is 30.6 Å². The predicted molar refractivity (Wildman–Crippen MR) is 82.5 cm³/mol. The Morgan fingerprint density at radius 3 is 2.55 bits per heavy atom. The highest BCUT2D eigenvalue weighted by atomic mass is 16.2. The minimum atomic E-state index is -0.342. The first-order valence-electron chi connectivity index (χ1n) is 8.33. The van der Waals surface area contributed by atoms with Gasteiger partial charge in [0.05, 0.1) is 5.41 Å². The Labute approximate surface area is 123 Å². The molecule has 2 heterocycles. The SMILES string of the molecule is CCC(CC)(CN)C(=O)N1CC2CCCCN2CC1C. The van der Waals surface area contributed by atoms with E-state index < -0.39 is 0 Å². The molecule has 0 saturated carbocycles. The minimum Gasteiger partial charge on any atom is -0.337 e. The van der Waals surface area contributed by atoms with Crippen LogP contribution in [0.2, 0.25) is 0 Å². The highest BCUT2D eigenvalue weighted by Crippen LogP contribution is 2.32. The summed E-state index contributed by atoms with van der Waals surface area (Å²) in [5.41, 5.74) is 5.61. The number of carbonyl (C=O) groups is 1. The van der Waals surface area contributed by atoms with Crippen LogP contribution in [-0.4, -0.2) is 54.0 Å². The molecule has 4 nitrogen and oxygen atoms in total. The summed E-state index contributed by atoms with van der Waals surface area (Å²) in [5, 5.41) is 0. The molecular weight excluding hydrogens is 250 g/mol. The number of amides is 1. The molecule has 4 heteroatoms. The van der Waals surface area contributed by atoms with Crippen LogP contribution in [0.3, 0.4) is 0 Å². The number of nitrogens with two attached hydrogens (primary N) is 1. The predicted octanol–water partition coefficient (Wildman–Crippen LogP) is 1.84. The third-order valence-electron chi connectivity index (χ3n) is 5.65. The Bertz CT molecular complexity index is 332. The molecule has 2 N–H and O–H groups in total. The van der Waals surface area contributed by atoms with Crippen LogP contribution in [0.1, 0.15) is 52.9 Å². The number of piperazine rings is 1. The van der Waals surface area contributed by atoms with Crippen molar-refractivity contribution in [2.24, 2.45) is 11.1 Å². The molecule has 1 amide bonds. The normalized spacial score (nSPS) is 28.3. The maximum Gasteiger partial charge on any atom is 0.230 e. The zero-order valence-corrected chi connectivity index (χ0v) is 13.4. The first kappa shape index (κ1) is 15.8. The van der Waals surface area contributed by atoms with E-state index in [1.54, 1.807) is 0 Å². The highest BCUT2D eigenvalue weighted by Gasteiger charge is 2.42. The minimum absolute atomic E-state index is 0.294. The average Bonchev–Trinajstić information content (AvgIpc) is 2.48. The summed E-state index contributed by atoms with van der Waals surface area (Å²) < 4.78 is 0. The van der Waals surface area contributed by atoms with Crippen LogP contribution in [0.5, 0.6) is 0 Å². The van der Waals surface area contributed by atoms with Gasteiger partial charge in [0.1, 0.15) is 0 Å². The molecule has 0 aromatic carbocycles. The second kappa shape index (κ2) is 6.44. The number of carbonyl (C=O) groups excluding carboxylic acids is 1. The van der Waals surface area contributed by atoms with E-state index in [0.717, 1.165) is 25.9 Å². The maximum absolute atomic E-state index is 13.0. The molecule has 0 aromatic heterocycles. The van der Waals surface area contributed by atoms with Crippen molar-refractivity contribution < 1.29 is 4.79 Å². The number of nitrogens with zero attached hydrogens (tertiary/aromatic N) is 2. The summed E-state index contributed by atoms with van der Waals surface area (Å²) in [5.74, 6) is 0.294. The van der Waals surface area contributed by atoms with Gasteiger partial charge in [0.15, 0.2) is 0 Å². The van der Waals surface area contributed by atoms with E-state index in [-0.39, 0.29) is 5.41 Å². The fraction of sp³-hybridized carbons (Fsp3) is 0.938. The van der Waals surface area contributed by atoms with Crippen molar-refractivity contribution in [1.29, 1.82) is 0 Å². The molecule has 0 radical (unpaired) electrons. The largest absolute Gasteiger partial charge is 0.337 e. The second-order valence-corrected chi connectivity index (χ2v) is 6.64. The summed E-state index contributed by atoms with van der Waals surface area (Å²) in [4.78, 5) is 17.7. The van der Waals surface area contributed by atoms with Crippen molar-refractivity contribution in [3.05, 3.63) is 0 Å². The van der Waals surface area contributed by atoms with Crippen LogP contribution in [-0.2, 0) is 4.79 Å². The summed E-state index contributed by atoms with van der Waals surface area (Å²) in [6, 6.07) is 0.897. The smallest absolute Gasteiger partial charge is 0.230 e. The molecule has 2 aliphatic rings. The van der Waals surface area contributed by atoms with Crippen LogP contribution >= 0.6 is 0 Å². The first-order valence-corrected chi connectivity index (χ1v) is 8.33. The lowest BCUT2D eigenvalue weighted by Crippen LogP contribution is -2.63. The molecule has 2 rings (SSSR count). The lowest BCUT2D eigenvalue weighted by molar-refractivity contribution is -0.149.